The van der Waals surface area contributed by atoms with E-state index < -0.39 is 18.1 Å². The van der Waals surface area contributed by atoms with Crippen molar-refractivity contribution < 1.29 is 24.2 Å². The Balaban J connectivity index is 1.35. The van der Waals surface area contributed by atoms with E-state index >= 15 is 0 Å². The fraction of sp³-hybridized carbons (Fsp3) is 0.292. The molecule has 1 aliphatic carbocycles. The zero-order chi connectivity index (χ0) is 22.0. The number of carboxylic acids is 1. The fourth-order valence-corrected chi connectivity index (χ4v) is 4.22. The molecule has 1 heterocycles. The number of nitrogens with one attached hydrogen (secondary N) is 1. The second-order valence-corrected chi connectivity index (χ2v) is 7.76. The van der Waals surface area contributed by atoms with Crippen molar-refractivity contribution in [2.45, 2.75) is 25.3 Å². The number of carboxylic acid groups (broad SMARTS) is 1. The molecule has 160 valence electrons. The highest BCUT2D eigenvalue weighted by Gasteiger charge is 2.30. The summed E-state index contributed by atoms with van der Waals surface area (Å²) in [5.74, 6) is -1.28. The van der Waals surface area contributed by atoms with Crippen LogP contribution in [0.15, 0.2) is 60.2 Å². The number of aliphatic carboxylic acids is 1. The van der Waals surface area contributed by atoms with Crippen molar-refractivity contribution in [3.8, 4) is 11.1 Å². The van der Waals surface area contributed by atoms with E-state index in [9.17, 15) is 14.4 Å². The number of hydrogen-bond acceptors (Lipinski definition) is 4. The molecule has 7 heteroatoms. The lowest BCUT2D eigenvalue weighted by molar-refractivity contribution is -0.135. The second kappa shape index (κ2) is 8.63. The van der Waals surface area contributed by atoms with Gasteiger partial charge in [0.2, 0.25) is 5.91 Å². The predicted octanol–water partition coefficient (Wildman–Crippen LogP) is 3.16. The molecule has 1 atom stereocenters. The van der Waals surface area contributed by atoms with Gasteiger partial charge in [-0.25, -0.2) is 9.59 Å². The molecule has 2 aromatic carbocycles. The van der Waals surface area contributed by atoms with Gasteiger partial charge in [-0.2, -0.15) is 0 Å². The number of benzene rings is 2. The number of nitrogens with zero attached hydrogens (tertiary/aromatic N) is 1. The maximum absolute atomic E-state index is 12.6. The summed E-state index contributed by atoms with van der Waals surface area (Å²) in [4.78, 5) is 37.5. The molecular formula is C24H24N2O5. The minimum Gasteiger partial charge on any atom is -0.478 e. The predicted molar refractivity (Wildman–Crippen MR) is 115 cm³/mol. The van der Waals surface area contributed by atoms with Crippen LogP contribution in [0.1, 0.15) is 30.4 Å². The summed E-state index contributed by atoms with van der Waals surface area (Å²) >= 11 is 0. The summed E-state index contributed by atoms with van der Waals surface area (Å²) in [6.07, 6.45) is 1.17. The van der Waals surface area contributed by atoms with Gasteiger partial charge < -0.3 is 20.1 Å². The van der Waals surface area contributed by atoms with Crippen molar-refractivity contribution in [2.75, 3.05) is 19.7 Å². The Bertz CT molecular complexity index is 1020. The van der Waals surface area contributed by atoms with E-state index in [0.29, 0.717) is 18.5 Å². The Kier molecular flexibility index (Phi) is 5.75. The van der Waals surface area contributed by atoms with Crippen LogP contribution in [0, 0.1) is 0 Å². The molecular weight excluding hydrogens is 396 g/mol. The molecule has 1 aliphatic heterocycles. The van der Waals surface area contributed by atoms with Crippen LogP contribution >= 0.6 is 0 Å². The summed E-state index contributed by atoms with van der Waals surface area (Å²) in [6, 6.07) is 15.4. The molecule has 0 saturated heterocycles. The molecule has 0 spiro atoms. The zero-order valence-electron chi connectivity index (χ0n) is 17.2. The Labute approximate surface area is 180 Å². The van der Waals surface area contributed by atoms with Gasteiger partial charge in [0.25, 0.3) is 0 Å². The molecule has 4 rings (SSSR count). The highest BCUT2D eigenvalue weighted by molar-refractivity contribution is 5.89. The third kappa shape index (κ3) is 4.17. The van der Waals surface area contributed by atoms with E-state index in [1.807, 2.05) is 36.4 Å². The maximum Gasteiger partial charge on any atom is 0.407 e. The van der Waals surface area contributed by atoms with Gasteiger partial charge in [0.05, 0.1) is 0 Å². The van der Waals surface area contributed by atoms with Crippen LogP contribution < -0.4 is 5.32 Å². The van der Waals surface area contributed by atoms with E-state index in [1.54, 1.807) is 6.92 Å². The quantitative estimate of drug-likeness (QED) is 0.775. The molecule has 2 aliphatic rings. The molecule has 31 heavy (non-hydrogen) atoms. The summed E-state index contributed by atoms with van der Waals surface area (Å²) in [6.45, 7) is 2.31. The number of fused-ring (bicyclic) bond motifs is 3. The van der Waals surface area contributed by atoms with Gasteiger partial charge in [0.15, 0.2) is 0 Å². The van der Waals surface area contributed by atoms with Crippen molar-refractivity contribution in [3.63, 3.8) is 0 Å². The van der Waals surface area contributed by atoms with Gasteiger partial charge in [0.1, 0.15) is 12.6 Å². The maximum atomic E-state index is 12.6. The minimum absolute atomic E-state index is 0.0502. The summed E-state index contributed by atoms with van der Waals surface area (Å²) < 4.78 is 5.49. The number of carbonyl (C=O) groups excluding carboxylic acids is 2. The van der Waals surface area contributed by atoms with Crippen molar-refractivity contribution in [1.82, 2.24) is 10.2 Å². The van der Waals surface area contributed by atoms with E-state index in [0.717, 1.165) is 22.3 Å². The van der Waals surface area contributed by atoms with Gasteiger partial charge in [-0.1, -0.05) is 54.6 Å². The summed E-state index contributed by atoms with van der Waals surface area (Å²) in [5.41, 5.74) is 4.84. The van der Waals surface area contributed by atoms with Crippen molar-refractivity contribution in [3.05, 3.63) is 71.3 Å². The summed E-state index contributed by atoms with van der Waals surface area (Å²) in [5, 5.41) is 11.6. The molecule has 1 unspecified atom stereocenters. The average molecular weight is 420 g/mol. The van der Waals surface area contributed by atoms with Crippen LogP contribution in [0.2, 0.25) is 0 Å². The number of ether oxygens (including phenoxy) is 1. The van der Waals surface area contributed by atoms with Crippen LogP contribution in [0.25, 0.3) is 11.1 Å². The first-order valence-corrected chi connectivity index (χ1v) is 10.3. The number of carbonyl (C=O) groups is 3. The third-order valence-corrected chi connectivity index (χ3v) is 5.84. The van der Waals surface area contributed by atoms with Crippen molar-refractivity contribution in [1.29, 1.82) is 0 Å². The Morgan fingerprint density at radius 3 is 2.26 bits per heavy atom. The molecule has 0 radical (unpaired) electrons. The lowest BCUT2D eigenvalue weighted by Crippen LogP contribution is -2.48. The van der Waals surface area contributed by atoms with E-state index in [1.165, 1.54) is 11.0 Å². The van der Waals surface area contributed by atoms with Crippen LogP contribution in [0.4, 0.5) is 4.79 Å². The van der Waals surface area contributed by atoms with Crippen LogP contribution in [0.3, 0.4) is 0 Å². The van der Waals surface area contributed by atoms with Crippen LogP contribution in [-0.2, 0) is 14.3 Å². The van der Waals surface area contributed by atoms with Gasteiger partial charge in [-0.15, -0.1) is 0 Å². The zero-order valence-corrected chi connectivity index (χ0v) is 17.2. The first-order chi connectivity index (χ1) is 15.0. The third-order valence-electron chi connectivity index (χ3n) is 5.84. The van der Waals surface area contributed by atoms with Crippen molar-refractivity contribution >= 4 is 18.0 Å². The average Bonchev–Trinajstić information content (AvgIpc) is 3.11. The first-order valence-electron chi connectivity index (χ1n) is 10.3. The second-order valence-electron chi connectivity index (χ2n) is 7.76. The molecule has 7 nitrogen and oxygen atoms in total. The highest BCUT2D eigenvalue weighted by atomic mass is 16.5. The number of hydrogen-bond donors (Lipinski definition) is 2. The normalized spacial score (nSPS) is 16.0. The minimum atomic E-state index is -0.961. The monoisotopic (exact) mass is 420 g/mol. The summed E-state index contributed by atoms with van der Waals surface area (Å²) in [7, 11) is 0. The molecule has 0 saturated carbocycles. The van der Waals surface area contributed by atoms with Crippen molar-refractivity contribution in [2.24, 2.45) is 0 Å². The smallest absolute Gasteiger partial charge is 0.407 e. The number of amides is 2. The molecule has 2 N–H and O–H groups in total. The van der Waals surface area contributed by atoms with Gasteiger partial charge >= 0.3 is 12.1 Å². The SMILES string of the molecule is CC(NC(=O)OCC1c2ccccc2-c2ccccc21)C(=O)N1CC=C(C(=O)O)CC1. The lowest BCUT2D eigenvalue weighted by Gasteiger charge is -2.28. The van der Waals surface area contributed by atoms with Crippen LogP contribution in [0.5, 0.6) is 0 Å². The Hall–Kier alpha value is -3.61. The molecule has 2 amide bonds. The Morgan fingerprint density at radius 1 is 1.10 bits per heavy atom. The lowest BCUT2D eigenvalue weighted by atomic mass is 9.98. The van der Waals surface area contributed by atoms with Crippen LogP contribution in [-0.4, -0.2) is 53.7 Å². The molecule has 0 fully saturated rings. The topological polar surface area (TPSA) is 95.9 Å². The van der Waals surface area contributed by atoms with Gasteiger partial charge in [-0.05, 0) is 35.6 Å². The van der Waals surface area contributed by atoms with E-state index in [4.69, 9.17) is 9.84 Å². The number of rotatable bonds is 5. The van der Waals surface area contributed by atoms with E-state index in [2.05, 4.69) is 17.4 Å². The van der Waals surface area contributed by atoms with Gasteiger partial charge in [-0.3, -0.25) is 4.79 Å². The first kappa shape index (κ1) is 20.7. The van der Waals surface area contributed by atoms with E-state index in [-0.39, 0.29) is 25.0 Å². The number of alkyl carbamates (subject to hydrolysis) is 1. The standard InChI is InChI=1S/C24H24N2O5/c1-15(22(27)26-12-10-16(11-13-26)23(28)29)25-24(30)31-14-21-19-8-4-2-6-17(19)18-7-3-5-9-20(18)21/h2-10,15,21H,11-14H2,1H3,(H,25,30)(H,28,29). The Morgan fingerprint density at radius 2 is 1.71 bits per heavy atom. The fourth-order valence-electron chi connectivity index (χ4n) is 4.22. The largest absolute Gasteiger partial charge is 0.478 e. The van der Waals surface area contributed by atoms with Gasteiger partial charge in [0, 0.05) is 24.6 Å². The molecule has 2 aromatic rings. The molecule has 0 bridgehead atoms. The molecule has 0 aromatic heterocycles. The highest BCUT2D eigenvalue weighted by Crippen LogP contribution is 2.44.